The minimum absolute atomic E-state index is 0.208. The molecule has 0 aliphatic heterocycles. The number of ether oxygens (including phenoxy) is 1. The summed E-state index contributed by atoms with van der Waals surface area (Å²) in [6.45, 7) is 0. The van der Waals surface area contributed by atoms with Crippen LogP contribution in [0.2, 0.25) is 0 Å². The Hall–Kier alpha value is -1.30. The predicted octanol–water partition coefficient (Wildman–Crippen LogP) is 2.40. The summed E-state index contributed by atoms with van der Waals surface area (Å²) in [6, 6.07) is 1.00. The van der Waals surface area contributed by atoms with Crippen LogP contribution in [0.5, 0.6) is 5.75 Å². The van der Waals surface area contributed by atoms with Crippen LogP contribution < -0.4 is 10.5 Å². The standard InChI is InChI=1S/C9H9F4NO/c1-15-6-4-2-3-5(10)7(6)8(14)9(11,12)13/h2-4,8H,14H2,1H3. The molecule has 1 aromatic rings. The van der Waals surface area contributed by atoms with Crippen molar-refractivity contribution in [2.45, 2.75) is 12.2 Å². The second-order valence-electron chi connectivity index (χ2n) is 2.88. The van der Waals surface area contributed by atoms with E-state index in [9.17, 15) is 17.6 Å². The maximum absolute atomic E-state index is 13.2. The molecule has 2 N–H and O–H groups in total. The van der Waals surface area contributed by atoms with Gasteiger partial charge in [-0.3, -0.25) is 0 Å². The lowest BCUT2D eigenvalue weighted by atomic mass is 10.1. The number of nitrogens with two attached hydrogens (primary N) is 1. The van der Waals surface area contributed by atoms with E-state index in [0.29, 0.717) is 0 Å². The zero-order valence-electron chi connectivity index (χ0n) is 7.81. The zero-order valence-corrected chi connectivity index (χ0v) is 7.81. The van der Waals surface area contributed by atoms with Crippen molar-refractivity contribution in [3.05, 3.63) is 29.6 Å². The van der Waals surface area contributed by atoms with Crippen LogP contribution in [0.1, 0.15) is 11.6 Å². The Morgan fingerprint density at radius 1 is 1.33 bits per heavy atom. The summed E-state index contributed by atoms with van der Waals surface area (Å²) < 4.78 is 54.6. The molecule has 1 atom stereocenters. The maximum Gasteiger partial charge on any atom is 0.407 e. The number of rotatable bonds is 2. The highest BCUT2D eigenvalue weighted by molar-refractivity contribution is 5.37. The zero-order chi connectivity index (χ0) is 11.6. The average Bonchev–Trinajstić information content (AvgIpc) is 2.15. The highest BCUT2D eigenvalue weighted by atomic mass is 19.4. The summed E-state index contributed by atoms with van der Waals surface area (Å²) in [7, 11) is 1.15. The summed E-state index contributed by atoms with van der Waals surface area (Å²) in [5, 5.41) is 0. The second kappa shape index (κ2) is 4.06. The molecule has 0 heterocycles. The fourth-order valence-electron chi connectivity index (χ4n) is 1.16. The van der Waals surface area contributed by atoms with Crippen LogP contribution >= 0.6 is 0 Å². The molecule has 0 aliphatic rings. The molecular weight excluding hydrogens is 214 g/mol. The van der Waals surface area contributed by atoms with Crippen molar-refractivity contribution < 1.29 is 22.3 Å². The fraction of sp³-hybridized carbons (Fsp3) is 0.333. The van der Waals surface area contributed by atoms with E-state index in [0.717, 1.165) is 13.2 Å². The molecule has 0 aromatic heterocycles. The van der Waals surface area contributed by atoms with Crippen LogP contribution in [0.3, 0.4) is 0 Å². The third kappa shape index (κ3) is 2.38. The van der Waals surface area contributed by atoms with Gasteiger partial charge in [-0.1, -0.05) is 6.07 Å². The lowest BCUT2D eigenvalue weighted by molar-refractivity contribution is -0.150. The van der Waals surface area contributed by atoms with Gasteiger partial charge >= 0.3 is 6.18 Å². The minimum Gasteiger partial charge on any atom is -0.496 e. The van der Waals surface area contributed by atoms with Gasteiger partial charge in [0.2, 0.25) is 0 Å². The van der Waals surface area contributed by atoms with Crippen LogP contribution in [-0.2, 0) is 0 Å². The first-order valence-corrected chi connectivity index (χ1v) is 4.02. The van der Waals surface area contributed by atoms with E-state index in [4.69, 9.17) is 5.73 Å². The van der Waals surface area contributed by atoms with E-state index < -0.39 is 23.6 Å². The monoisotopic (exact) mass is 223 g/mol. The van der Waals surface area contributed by atoms with Gasteiger partial charge < -0.3 is 10.5 Å². The fourth-order valence-corrected chi connectivity index (χ4v) is 1.16. The van der Waals surface area contributed by atoms with Gasteiger partial charge in [0.05, 0.1) is 12.7 Å². The third-order valence-electron chi connectivity index (χ3n) is 1.90. The molecule has 0 aliphatic carbocycles. The second-order valence-corrected chi connectivity index (χ2v) is 2.88. The highest BCUT2D eigenvalue weighted by Gasteiger charge is 2.40. The number of hydrogen-bond acceptors (Lipinski definition) is 2. The topological polar surface area (TPSA) is 35.2 Å². The number of halogens is 4. The molecule has 0 fully saturated rings. The molecule has 6 heteroatoms. The van der Waals surface area contributed by atoms with Crippen molar-refractivity contribution in [3.63, 3.8) is 0 Å². The molecule has 15 heavy (non-hydrogen) atoms. The summed E-state index contributed by atoms with van der Waals surface area (Å²) in [6.07, 6.45) is -4.70. The molecule has 1 aromatic carbocycles. The van der Waals surface area contributed by atoms with Crippen molar-refractivity contribution in [2.24, 2.45) is 5.73 Å². The van der Waals surface area contributed by atoms with Gasteiger partial charge in [-0.15, -0.1) is 0 Å². The van der Waals surface area contributed by atoms with Crippen molar-refractivity contribution >= 4 is 0 Å². The Bertz CT molecular complexity index is 350. The lowest BCUT2D eigenvalue weighted by Gasteiger charge is -2.18. The Morgan fingerprint density at radius 2 is 1.93 bits per heavy atom. The van der Waals surface area contributed by atoms with Crippen LogP contribution in [0.4, 0.5) is 17.6 Å². The molecule has 0 spiro atoms. The summed E-state index contributed by atoms with van der Waals surface area (Å²) in [5.41, 5.74) is 4.23. The molecule has 1 unspecified atom stereocenters. The number of methoxy groups -OCH3 is 1. The van der Waals surface area contributed by atoms with E-state index in [2.05, 4.69) is 4.74 Å². The first kappa shape index (κ1) is 11.8. The minimum atomic E-state index is -4.70. The SMILES string of the molecule is COc1cccc(F)c1C(N)C(F)(F)F. The highest BCUT2D eigenvalue weighted by Crippen LogP contribution is 2.36. The van der Waals surface area contributed by atoms with Crippen molar-refractivity contribution in [2.75, 3.05) is 7.11 Å². The smallest absolute Gasteiger partial charge is 0.407 e. The molecular formula is C9H9F4NO. The number of alkyl halides is 3. The van der Waals surface area contributed by atoms with Crippen molar-refractivity contribution in [3.8, 4) is 5.75 Å². The summed E-state index contributed by atoms with van der Waals surface area (Å²) in [5.74, 6) is -1.24. The Kier molecular flexibility index (Phi) is 3.18. The summed E-state index contributed by atoms with van der Waals surface area (Å²) in [4.78, 5) is 0. The van der Waals surface area contributed by atoms with E-state index >= 15 is 0 Å². The van der Waals surface area contributed by atoms with Crippen LogP contribution in [-0.4, -0.2) is 13.3 Å². The van der Waals surface area contributed by atoms with Gasteiger partial charge in [0.1, 0.15) is 17.6 Å². The first-order valence-electron chi connectivity index (χ1n) is 4.02. The predicted molar refractivity (Wildman–Crippen MR) is 45.9 cm³/mol. The van der Waals surface area contributed by atoms with Gasteiger partial charge in [-0.25, -0.2) is 4.39 Å². The van der Waals surface area contributed by atoms with Gasteiger partial charge in [0.25, 0.3) is 0 Å². The van der Waals surface area contributed by atoms with Crippen LogP contribution in [0.15, 0.2) is 18.2 Å². The van der Waals surface area contributed by atoms with E-state index in [1.54, 1.807) is 0 Å². The largest absolute Gasteiger partial charge is 0.496 e. The third-order valence-corrected chi connectivity index (χ3v) is 1.90. The molecule has 0 saturated heterocycles. The maximum atomic E-state index is 13.2. The molecule has 0 radical (unpaired) electrons. The molecule has 1 rings (SSSR count). The molecule has 0 amide bonds. The normalized spacial score (nSPS) is 13.7. The van der Waals surface area contributed by atoms with E-state index in [1.165, 1.54) is 12.1 Å². The lowest BCUT2D eigenvalue weighted by Crippen LogP contribution is -2.29. The van der Waals surface area contributed by atoms with Gasteiger partial charge in [0, 0.05) is 0 Å². The molecule has 84 valence electrons. The van der Waals surface area contributed by atoms with E-state index in [1.807, 2.05) is 0 Å². The quantitative estimate of drug-likeness (QED) is 0.781. The van der Waals surface area contributed by atoms with Gasteiger partial charge in [-0.05, 0) is 12.1 Å². The molecule has 0 saturated carbocycles. The Balaban J connectivity index is 3.23. The summed E-state index contributed by atoms with van der Waals surface area (Å²) >= 11 is 0. The molecule has 0 bridgehead atoms. The molecule has 2 nitrogen and oxygen atoms in total. The van der Waals surface area contributed by atoms with Crippen molar-refractivity contribution in [1.82, 2.24) is 0 Å². The Morgan fingerprint density at radius 3 is 2.40 bits per heavy atom. The Labute approximate surface area is 83.6 Å². The van der Waals surface area contributed by atoms with Crippen LogP contribution in [0, 0.1) is 5.82 Å². The van der Waals surface area contributed by atoms with Crippen LogP contribution in [0.25, 0.3) is 0 Å². The number of hydrogen-bond donors (Lipinski definition) is 1. The number of benzene rings is 1. The van der Waals surface area contributed by atoms with Gasteiger partial charge in [0.15, 0.2) is 0 Å². The first-order chi connectivity index (χ1) is 6.88. The average molecular weight is 223 g/mol. The van der Waals surface area contributed by atoms with Crippen molar-refractivity contribution in [1.29, 1.82) is 0 Å². The van der Waals surface area contributed by atoms with Gasteiger partial charge in [-0.2, -0.15) is 13.2 Å². The van der Waals surface area contributed by atoms with E-state index in [-0.39, 0.29) is 5.75 Å².